The summed E-state index contributed by atoms with van der Waals surface area (Å²) in [5.74, 6) is 1.66. The second-order valence-corrected chi connectivity index (χ2v) is 15.2. The maximum atomic E-state index is 5.52. The molecular formula is C56H40N2O2. The lowest BCUT2D eigenvalue weighted by molar-refractivity contribution is 0.414. The van der Waals surface area contributed by atoms with Gasteiger partial charge in [0, 0.05) is 34.1 Å². The maximum absolute atomic E-state index is 5.52. The monoisotopic (exact) mass is 772 g/mol. The predicted molar refractivity (Wildman–Crippen MR) is 254 cm³/mol. The highest BCUT2D eigenvalue weighted by molar-refractivity contribution is 6.33. The van der Waals surface area contributed by atoms with Gasteiger partial charge in [0.05, 0.1) is 14.2 Å². The molecule has 0 saturated carbocycles. The van der Waals surface area contributed by atoms with Crippen molar-refractivity contribution in [2.45, 2.75) is 0 Å². The fourth-order valence-electron chi connectivity index (χ4n) is 9.17. The number of rotatable bonds is 8. The van der Waals surface area contributed by atoms with E-state index in [1.165, 1.54) is 64.6 Å². The molecule has 11 aromatic carbocycles. The molecule has 0 atom stereocenters. The molecule has 0 aliphatic rings. The average molecular weight is 773 g/mol. The highest BCUT2D eigenvalue weighted by Crippen LogP contribution is 2.46. The lowest BCUT2D eigenvalue weighted by atomic mass is 9.88. The summed E-state index contributed by atoms with van der Waals surface area (Å²) < 4.78 is 11.0. The number of anilines is 6. The summed E-state index contributed by atoms with van der Waals surface area (Å²) in [4.78, 5) is 4.64. The molecule has 11 aromatic rings. The van der Waals surface area contributed by atoms with E-state index >= 15 is 0 Å². The summed E-state index contributed by atoms with van der Waals surface area (Å²) in [5.41, 5.74) is 6.50. The lowest BCUT2D eigenvalue weighted by Gasteiger charge is -2.26. The van der Waals surface area contributed by atoms with E-state index in [4.69, 9.17) is 9.47 Å². The third kappa shape index (κ3) is 5.84. The van der Waals surface area contributed by atoms with Crippen LogP contribution in [0.25, 0.3) is 64.6 Å². The zero-order valence-electron chi connectivity index (χ0n) is 33.3. The van der Waals surface area contributed by atoms with Crippen molar-refractivity contribution < 1.29 is 9.47 Å². The molecule has 0 bridgehead atoms. The summed E-state index contributed by atoms with van der Waals surface area (Å²) in [6.07, 6.45) is 0. The summed E-state index contributed by atoms with van der Waals surface area (Å²) in [6, 6.07) is 74.3. The fraction of sp³-hybridized carbons (Fsp3) is 0.0357. The van der Waals surface area contributed by atoms with Crippen LogP contribution in [-0.4, -0.2) is 14.2 Å². The zero-order chi connectivity index (χ0) is 40.2. The van der Waals surface area contributed by atoms with Crippen molar-refractivity contribution in [3.05, 3.63) is 206 Å². The molecule has 0 fully saturated rings. The van der Waals surface area contributed by atoms with Gasteiger partial charge in [0.2, 0.25) is 0 Å². The lowest BCUT2D eigenvalue weighted by Crippen LogP contribution is -2.09. The Morgan fingerprint density at radius 3 is 0.833 bits per heavy atom. The molecule has 0 aromatic heterocycles. The molecule has 0 aliphatic carbocycles. The quantitative estimate of drug-likeness (QED) is 0.113. The van der Waals surface area contributed by atoms with Gasteiger partial charge in [0.15, 0.2) is 0 Å². The van der Waals surface area contributed by atoms with E-state index in [1.807, 2.05) is 24.3 Å². The van der Waals surface area contributed by atoms with Crippen molar-refractivity contribution in [3.63, 3.8) is 0 Å². The first-order chi connectivity index (χ1) is 29.7. The Morgan fingerprint density at radius 1 is 0.233 bits per heavy atom. The van der Waals surface area contributed by atoms with Crippen molar-refractivity contribution in [1.29, 1.82) is 0 Å². The Morgan fingerprint density at radius 2 is 0.500 bits per heavy atom. The molecule has 0 aliphatic heterocycles. The molecule has 60 heavy (non-hydrogen) atoms. The van der Waals surface area contributed by atoms with Gasteiger partial charge < -0.3 is 19.3 Å². The van der Waals surface area contributed by atoms with Gasteiger partial charge in [-0.2, -0.15) is 0 Å². The summed E-state index contributed by atoms with van der Waals surface area (Å²) in [6.45, 7) is 0. The Labute approximate surface area is 348 Å². The van der Waals surface area contributed by atoms with Gasteiger partial charge in [-0.25, -0.2) is 0 Å². The molecule has 0 radical (unpaired) electrons. The van der Waals surface area contributed by atoms with Gasteiger partial charge in [-0.3, -0.25) is 0 Å². The number of nitrogens with zero attached hydrogens (tertiary/aromatic N) is 2. The number of benzene rings is 11. The number of fused-ring (bicyclic) bond motifs is 12. The molecule has 0 spiro atoms. The topological polar surface area (TPSA) is 24.9 Å². The fourth-order valence-corrected chi connectivity index (χ4v) is 9.17. The summed E-state index contributed by atoms with van der Waals surface area (Å²) in [5, 5.41) is 14.8. The van der Waals surface area contributed by atoms with Crippen LogP contribution in [0, 0.1) is 0 Å². The number of para-hydroxylation sites is 2. The maximum Gasteiger partial charge on any atom is 0.119 e. The van der Waals surface area contributed by atoms with E-state index in [2.05, 4.69) is 192 Å². The molecule has 0 amide bonds. The molecule has 0 unspecified atom stereocenters. The molecule has 11 rings (SSSR count). The minimum atomic E-state index is 0.832. The van der Waals surface area contributed by atoms with Gasteiger partial charge in [-0.15, -0.1) is 0 Å². The average Bonchev–Trinajstić information content (AvgIpc) is 3.32. The van der Waals surface area contributed by atoms with Crippen LogP contribution < -0.4 is 19.3 Å². The third-order valence-corrected chi connectivity index (χ3v) is 12.0. The van der Waals surface area contributed by atoms with Crippen LogP contribution in [0.5, 0.6) is 11.5 Å². The Kier molecular flexibility index (Phi) is 8.56. The van der Waals surface area contributed by atoms with Crippen LogP contribution in [0.15, 0.2) is 206 Å². The molecule has 0 heterocycles. The molecule has 4 heteroatoms. The SMILES string of the molecule is COc1ccc(N(c2ccccc2)c2ccc3c(c2)c2ccccc2c2cc4c5ccc(N(c6ccccc6)c6ccc(OC)cc6)cc5c5ccccc5c4cc32)cc1. The van der Waals surface area contributed by atoms with Crippen molar-refractivity contribution in [3.8, 4) is 11.5 Å². The van der Waals surface area contributed by atoms with Crippen LogP contribution in [0.3, 0.4) is 0 Å². The van der Waals surface area contributed by atoms with Crippen LogP contribution in [0.4, 0.5) is 34.1 Å². The van der Waals surface area contributed by atoms with Crippen molar-refractivity contribution in [2.75, 3.05) is 24.0 Å². The van der Waals surface area contributed by atoms with E-state index in [0.717, 1.165) is 45.6 Å². The van der Waals surface area contributed by atoms with Crippen LogP contribution in [0.2, 0.25) is 0 Å². The van der Waals surface area contributed by atoms with E-state index in [1.54, 1.807) is 14.2 Å². The minimum absolute atomic E-state index is 0.832. The highest BCUT2D eigenvalue weighted by Gasteiger charge is 2.19. The standard InChI is InChI=1S/C56H40N2O2/c1-59-43-27-21-39(22-28-43)57(37-13-5-3-6-14-37)41-25-31-49-51(33-41)45-17-9-11-19-47(45)53-36-56-50-32-26-42(34-52(50)46-18-10-12-20-48(46)54(56)35-55(49)53)58(38-15-7-4-8-16-38)40-23-29-44(60-2)30-24-40/h3-36H,1-2H3. The number of ether oxygens (including phenoxy) is 2. The third-order valence-electron chi connectivity index (χ3n) is 12.0. The van der Waals surface area contributed by atoms with Crippen LogP contribution in [0.1, 0.15) is 0 Å². The zero-order valence-corrected chi connectivity index (χ0v) is 33.3. The number of hydrogen-bond acceptors (Lipinski definition) is 4. The highest BCUT2D eigenvalue weighted by atomic mass is 16.5. The predicted octanol–water partition coefficient (Wildman–Crippen LogP) is 15.6. The first-order valence-corrected chi connectivity index (χ1v) is 20.3. The van der Waals surface area contributed by atoms with E-state index < -0.39 is 0 Å². The molecular weight excluding hydrogens is 733 g/mol. The first kappa shape index (κ1) is 35.4. The largest absolute Gasteiger partial charge is 0.497 e. The van der Waals surface area contributed by atoms with Gasteiger partial charge in [-0.1, -0.05) is 97.1 Å². The van der Waals surface area contributed by atoms with Gasteiger partial charge in [0.1, 0.15) is 11.5 Å². The second-order valence-electron chi connectivity index (χ2n) is 15.2. The van der Waals surface area contributed by atoms with Crippen LogP contribution in [-0.2, 0) is 0 Å². The van der Waals surface area contributed by atoms with E-state index in [9.17, 15) is 0 Å². The number of hydrogen-bond donors (Lipinski definition) is 0. The van der Waals surface area contributed by atoms with Crippen LogP contribution >= 0.6 is 0 Å². The summed E-state index contributed by atoms with van der Waals surface area (Å²) in [7, 11) is 3.41. The molecule has 286 valence electrons. The second kappa shape index (κ2) is 14.5. The van der Waals surface area contributed by atoms with Crippen molar-refractivity contribution in [2.24, 2.45) is 0 Å². The minimum Gasteiger partial charge on any atom is -0.497 e. The Hall–Kier alpha value is -7.82. The molecule has 0 N–H and O–H groups in total. The number of methoxy groups -OCH3 is 2. The summed E-state index contributed by atoms with van der Waals surface area (Å²) >= 11 is 0. The Bertz CT molecular complexity index is 3150. The molecule has 0 saturated heterocycles. The van der Waals surface area contributed by atoms with Gasteiger partial charge in [0.25, 0.3) is 0 Å². The van der Waals surface area contributed by atoms with Crippen molar-refractivity contribution >= 4 is 98.8 Å². The van der Waals surface area contributed by atoms with Gasteiger partial charge in [-0.05, 0) is 174 Å². The Balaban J connectivity index is 1.15. The van der Waals surface area contributed by atoms with E-state index in [0.29, 0.717) is 0 Å². The van der Waals surface area contributed by atoms with Crippen molar-refractivity contribution in [1.82, 2.24) is 0 Å². The molecule has 4 nitrogen and oxygen atoms in total. The first-order valence-electron chi connectivity index (χ1n) is 20.3. The van der Waals surface area contributed by atoms with E-state index in [-0.39, 0.29) is 0 Å². The smallest absolute Gasteiger partial charge is 0.119 e. The van der Waals surface area contributed by atoms with Gasteiger partial charge >= 0.3 is 0 Å². The normalized spacial score (nSPS) is 11.5.